The van der Waals surface area contributed by atoms with E-state index in [-0.39, 0.29) is 16.9 Å². The van der Waals surface area contributed by atoms with Gasteiger partial charge in [0.25, 0.3) is 5.91 Å². The number of methoxy groups -OCH3 is 1. The Hall–Kier alpha value is -3.98. The molecule has 1 amide bonds. The quantitative estimate of drug-likeness (QED) is 0.410. The number of sulfone groups is 1. The number of fused-ring (bicyclic) bond motifs is 1. The van der Waals surface area contributed by atoms with Crippen LogP contribution in [0.4, 0.5) is 15.8 Å². The predicted octanol–water partition coefficient (Wildman–Crippen LogP) is 3.88. The van der Waals surface area contributed by atoms with Crippen LogP contribution in [0.1, 0.15) is 16.7 Å². The highest BCUT2D eigenvalue weighted by atomic mass is 32.2. The van der Waals surface area contributed by atoms with E-state index in [1.54, 1.807) is 36.4 Å². The Morgan fingerprint density at radius 2 is 1.79 bits per heavy atom. The highest BCUT2D eigenvalue weighted by Gasteiger charge is 2.29. The van der Waals surface area contributed by atoms with Gasteiger partial charge in [-0.05, 0) is 59.7 Å². The molecule has 0 aromatic heterocycles. The maximum Gasteiger partial charge on any atom is 0.309 e. The SMILES string of the molecule is COC(=O)Cc1cccc(C(Nc2ccc(S(C)(=O)=O)cc2)=C2C(=O)Nc3cc(F)ccc32)c1. The van der Waals surface area contributed by atoms with Crippen LogP contribution >= 0.6 is 0 Å². The van der Waals surface area contributed by atoms with Gasteiger partial charge in [0.05, 0.1) is 35.4 Å². The smallest absolute Gasteiger partial charge is 0.309 e. The van der Waals surface area contributed by atoms with Crippen molar-refractivity contribution in [2.24, 2.45) is 0 Å². The lowest BCUT2D eigenvalue weighted by Crippen LogP contribution is -2.11. The zero-order valence-corrected chi connectivity index (χ0v) is 19.2. The monoisotopic (exact) mass is 480 g/mol. The molecular weight excluding hydrogens is 459 g/mol. The molecule has 4 rings (SSSR count). The number of anilines is 2. The number of rotatable bonds is 6. The van der Waals surface area contributed by atoms with Gasteiger partial charge in [0.15, 0.2) is 9.84 Å². The summed E-state index contributed by atoms with van der Waals surface area (Å²) in [6.07, 6.45) is 1.17. The average molecular weight is 481 g/mol. The van der Waals surface area contributed by atoms with Crippen molar-refractivity contribution in [2.45, 2.75) is 11.3 Å². The predicted molar refractivity (Wildman–Crippen MR) is 127 cm³/mol. The number of hydrogen-bond donors (Lipinski definition) is 2. The lowest BCUT2D eigenvalue weighted by atomic mass is 9.98. The molecule has 0 saturated heterocycles. The maximum atomic E-state index is 13.8. The number of benzene rings is 3. The molecule has 0 unspecified atom stereocenters. The van der Waals surface area contributed by atoms with Crippen molar-refractivity contribution in [3.05, 3.63) is 89.2 Å². The Kier molecular flexibility index (Phi) is 6.21. The Balaban J connectivity index is 1.85. The number of hydrogen-bond acceptors (Lipinski definition) is 6. The van der Waals surface area contributed by atoms with E-state index < -0.39 is 27.5 Å². The molecule has 0 saturated carbocycles. The fourth-order valence-electron chi connectivity index (χ4n) is 3.68. The van der Waals surface area contributed by atoms with E-state index in [0.717, 1.165) is 6.26 Å². The van der Waals surface area contributed by atoms with Crippen molar-refractivity contribution >= 4 is 44.4 Å². The van der Waals surface area contributed by atoms with Gasteiger partial charge in [-0.3, -0.25) is 9.59 Å². The van der Waals surface area contributed by atoms with Crippen LogP contribution in [-0.4, -0.2) is 33.7 Å². The highest BCUT2D eigenvalue weighted by molar-refractivity contribution is 7.90. The molecule has 174 valence electrons. The van der Waals surface area contributed by atoms with Gasteiger partial charge in [-0.25, -0.2) is 12.8 Å². The zero-order chi connectivity index (χ0) is 24.5. The fourth-order valence-corrected chi connectivity index (χ4v) is 4.31. The summed E-state index contributed by atoms with van der Waals surface area (Å²) in [5.74, 6) is -1.31. The molecule has 0 fully saturated rings. The molecule has 0 aliphatic carbocycles. The second kappa shape index (κ2) is 9.11. The second-order valence-corrected chi connectivity index (χ2v) is 9.78. The number of carbonyl (C=O) groups is 2. The van der Waals surface area contributed by atoms with Gasteiger partial charge in [-0.1, -0.05) is 18.2 Å². The molecule has 7 nitrogen and oxygen atoms in total. The summed E-state index contributed by atoms with van der Waals surface area (Å²) < 4.78 is 42.1. The van der Waals surface area contributed by atoms with Crippen LogP contribution in [-0.2, 0) is 30.6 Å². The van der Waals surface area contributed by atoms with Crippen LogP contribution in [0, 0.1) is 5.82 Å². The van der Waals surface area contributed by atoms with E-state index in [4.69, 9.17) is 4.74 Å². The molecule has 1 aliphatic heterocycles. The molecule has 0 bridgehead atoms. The van der Waals surface area contributed by atoms with Crippen molar-refractivity contribution in [1.29, 1.82) is 0 Å². The number of carbonyl (C=O) groups excluding carboxylic acids is 2. The second-order valence-electron chi connectivity index (χ2n) is 7.77. The van der Waals surface area contributed by atoms with E-state index in [2.05, 4.69) is 10.6 Å². The van der Waals surface area contributed by atoms with Crippen LogP contribution < -0.4 is 10.6 Å². The Morgan fingerprint density at radius 1 is 1.06 bits per heavy atom. The first-order valence-corrected chi connectivity index (χ1v) is 12.1. The third-order valence-corrected chi connectivity index (χ3v) is 6.45. The van der Waals surface area contributed by atoms with Crippen molar-refractivity contribution in [3.8, 4) is 0 Å². The summed E-state index contributed by atoms with van der Waals surface area (Å²) in [5, 5.41) is 5.89. The van der Waals surface area contributed by atoms with Crippen LogP contribution in [0.15, 0.2) is 71.6 Å². The minimum Gasteiger partial charge on any atom is -0.469 e. The average Bonchev–Trinajstić information content (AvgIpc) is 3.11. The molecule has 0 spiro atoms. The summed E-state index contributed by atoms with van der Waals surface area (Å²) in [6, 6.07) is 17.2. The molecule has 1 heterocycles. The van der Waals surface area contributed by atoms with E-state index in [0.29, 0.717) is 33.8 Å². The summed E-state index contributed by atoms with van der Waals surface area (Å²) >= 11 is 0. The largest absolute Gasteiger partial charge is 0.469 e. The van der Waals surface area contributed by atoms with Gasteiger partial charge in [0.2, 0.25) is 0 Å². The lowest BCUT2D eigenvalue weighted by Gasteiger charge is -2.16. The van der Waals surface area contributed by atoms with Crippen molar-refractivity contribution in [2.75, 3.05) is 24.0 Å². The highest BCUT2D eigenvalue weighted by Crippen LogP contribution is 2.38. The number of esters is 1. The van der Waals surface area contributed by atoms with E-state index >= 15 is 0 Å². The van der Waals surface area contributed by atoms with Crippen LogP contribution in [0.5, 0.6) is 0 Å². The number of halogens is 1. The van der Waals surface area contributed by atoms with Gasteiger partial charge >= 0.3 is 5.97 Å². The molecule has 0 atom stereocenters. The Morgan fingerprint density at radius 3 is 2.47 bits per heavy atom. The van der Waals surface area contributed by atoms with Gasteiger partial charge in [0.1, 0.15) is 5.82 Å². The first-order valence-electron chi connectivity index (χ1n) is 10.2. The summed E-state index contributed by atoms with van der Waals surface area (Å²) in [6.45, 7) is 0. The summed E-state index contributed by atoms with van der Waals surface area (Å²) in [7, 11) is -2.07. The van der Waals surface area contributed by atoms with E-state index in [9.17, 15) is 22.4 Å². The first kappa shape index (κ1) is 23.2. The van der Waals surface area contributed by atoms with Crippen LogP contribution in [0.25, 0.3) is 11.3 Å². The summed E-state index contributed by atoms with van der Waals surface area (Å²) in [5.41, 5.74) is 3.39. The number of amides is 1. The normalized spacial score (nSPS) is 14.3. The fraction of sp³-hybridized carbons (Fsp3) is 0.120. The maximum absolute atomic E-state index is 13.8. The van der Waals surface area contributed by atoms with Crippen molar-refractivity contribution < 1.29 is 27.1 Å². The Labute approximate surface area is 196 Å². The van der Waals surface area contributed by atoms with Crippen molar-refractivity contribution in [1.82, 2.24) is 0 Å². The molecule has 34 heavy (non-hydrogen) atoms. The van der Waals surface area contributed by atoms with Crippen molar-refractivity contribution in [3.63, 3.8) is 0 Å². The van der Waals surface area contributed by atoms with Gasteiger partial charge in [0, 0.05) is 17.5 Å². The van der Waals surface area contributed by atoms with Gasteiger partial charge in [-0.2, -0.15) is 0 Å². The lowest BCUT2D eigenvalue weighted by molar-refractivity contribution is -0.139. The summed E-state index contributed by atoms with van der Waals surface area (Å²) in [4.78, 5) is 24.9. The topological polar surface area (TPSA) is 102 Å². The minimum atomic E-state index is -3.37. The standard InChI is InChI=1S/C25H21FN2O5S/c1-33-22(29)13-15-4-3-5-16(12-15)24(27-18-7-9-19(10-8-18)34(2,31)32)23-20-11-6-17(26)14-21(20)28-25(23)30/h3-12,14,27H,13H2,1-2H3,(H,28,30). The minimum absolute atomic E-state index is 0.0456. The van der Waals surface area contributed by atoms with Gasteiger partial charge in [-0.15, -0.1) is 0 Å². The van der Waals surface area contributed by atoms with Crippen LogP contribution in [0.3, 0.4) is 0 Å². The van der Waals surface area contributed by atoms with Crippen LogP contribution in [0.2, 0.25) is 0 Å². The number of nitrogens with one attached hydrogen (secondary N) is 2. The molecule has 3 aromatic carbocycles. The molecular formula is C25H21FN2O5S. The zero-order valence-electron chi connectivity index (χ0n) is 18.4. The molecule has 2 N–H and O–H groups in total. The van der Waals surface area contributed by atoms with Gasteiger partial charge < -0.3 is 15.4 Å². The molecule has 3 aromatic rings. The third-order valence-electron chi connectivity index (χ3n) is 5.32. The molecule has 0 radical (unpaired) electrons. The Bertz CT molecular complexity index is 1430. The third kappa shape index (κ3) is 4.84. The first-order chi connectivity index (χ1) is 16.2. The van der Waals surface area contributed by atoms with E-state index in [1.165, 1.54) is 37.4 Å². The number of ether oxygens (including phenoxy) is 1. The molecule has 1 aliphatic rings. The van der Waals surface area contributed by atoms with E-state index in [1.807, 2.05) is 0 Å². The molecule has 9 heteroatoms.